The molecule has 1 aromatic rings. The molecule has 0 aliphatic carbocycles. The monoisotopic (exact) mass is 180 g/mol. The van der Waals surface area contributed by atoms with Gasteiger partial charge >= 0.3 is 0 Å². The van der Waals surface area contributed by atoms with E-state index in [-0.39, 0.29) is 0 Å². The van der Waals surface area contributed by atoms with Crippen molar-refractivity contribution >= 4 is 11.6 Å². The van der Waals surface area contributed by atoms with Crippen molar-refractivity contribution in [1.29, 1.82) is 0 Å². The van der Waals surface area contributed by atoms with Gasteiger partial charge in [0.2, 0.25) is 0 Å². The van der Waals surface area contributed by atoms with Crippen LogP contribution < -0.4 is 10.6 Å². The molecule has 0 saturated heterocycles. The van der Waals surface area contributed by atoms with Crippen molar-refractivity contribution in [3.63, 3.8) is 0 Å². The number of rotatable bonds is 2. The van der Waals surface area contributed by atoms with Crippen molar-refractivity contribution in [3.8, 4) is 0 Å². The highest BCUT2D eigenvalue weighted by Gasteiger charge is 2.11. The number of nitrogens with zero attached hydrogens (tertiary/aromatic N) is 3. The Kier molecular flexibility index (Phi) is 2.70. The van der Waals surface area contributed by atoms with E-state index in [2.05, 4.69) is 28.7 Å². The van der Waals surface area contributed by atoms with Crippen LogP contribution in [0.5, 0.6) is 0 Å². The fraction of sp³-hybridized carbons (Fsp3) is 0.556. The highest BCUT2D eigenvalue weighted by molar-refractivity contribution is 5.55. The summed E-state index contributed by atoms with van der Waals surface area (Å²) in [6.45, 7) is 6.15. The quantitative estimate of drug-likeness (QED) is 0.743. The van der Waals surface area contributed by atoms with Gasteiger partial charge < -0.3 is 10.6 Å². The van der Waals surface area contributed by atoms with Crippen LogP contribution in [0.15, 0.2) is 6.33 Å². The van der Waals surface area contributed by atoms with Gasteiger partial charge in [0.15, 0.2) is 0 Å². The summed E-state index contributed by atoms with van der Waals surface area (Å²) in [4.78, 5) is 10.2. The zero-order valence-electron chi connectivity index (χ0n) is 8.57. The van der Waals surface area contributed by atoms with E-state index in [9.17, 15) is 0 Å². The number of nitrogens with two attached hydrogens (primary N) is 1. The summed E-state index contributed by atoms with van der Waals surface area (Å²) < 4.78 is 0. The Morgan fingerprint density at radius 2 is 2.00 bits per heavy atom. The maximum Gasteiger partial charge on any atom is 0.136 e. The Morgan fingerprint density at radius 1 is 1.38 bits per heavy atom. The average Bonchev–Trinajstić information content (AvgIpc) is 2.08. The van der Waals surface area contributed by atoms with Crippen LogP contribution in [-0.4, -0.2) is 23.1 Å². The predicted molar refractivity (Wildman–Crippen MR) is 54.7 cm³/mol. The molecule has 4 heteroatoms. The summed E-state index contributed by atoms with van der Waals surface area (Å²) >= 11 is 0. The molecule has 2 N–H and O–H groups in total. The van der Waals surface area contributed by atoms with Crippen molar-refractivity contribution in [1.82, 2.24) is 9.97 Å². The molecule has 72 valence electrons. The van der Waals surface area contributed by atoms with Crippen molar-refractivity contribution in [2.45, 2.75) is 26.8 Å². The van der Waals surface area contributed by atoms with Crippen molar-refractivity contribution in [2.24, 2.45) is 0 Å². The first-order chi connectivity index (χ1) is 6.04. The third-order valence-electron chi connectivity index (χ3n) is 2.21. The fourth-order valence-electron chi connectivity index (χ4n) is 1.05. The van der Waals surface area contributed by atoms with Crippen LogP contribution in [-0.2, 0) is 0 Å². The Balaban J connectivity index is 3.07. The van der Waals surface area contributed by atoms with Gasteiger partial charge in [-0.1, -0.05) is 0 Å². The molecule has 1 rings (SSSR count). The predicted octanol–water partition coefficient (Wildman–Crippen LogP) is 1.21. The van der Waals surface area contributed by atoms with Crippen molar-refractivity contribution in [3.05, 3.63) is 11.9 Å². The van der Waals surface area contributed by atoms with Crippen molar-refractivity contribution in [2.75, 3.05) is 17.7 Å². The van der Waals surface area contributed by atoms with Gasteiger partial charge in [0, 0.05) is 18.7 Å². The minimum atomic E-state index is 0.410. The first kappa shape index (κ1) is 9.77. The van der Waals surface area contributed by atoms with E-state index in [1.165, 1.54) is 6.33 Å². The Hall–Kier alpha value is -1.32. The molecule has 0 bridgehead atoms. The van der Waals surface area contributed by atoms with Gasteiger partial charge in [-0.15, -0.1) is 0 Å². The molecule has 13 heavy (non-hydrogen) atoms. The molecule has 0 aliphatic rings. The maximum atomic E-state index is 5.68. The number of nitrogen functional groups attached to an aromatic ring is 1. The topological polar surface area (TPSA) is 55.0 Å². The molecule has 0 atom stereocenters. The molecule has 1 aromatic heterocycles. The second kappa shape index (κ2) is 3.60. The molecule has 0 amide bonds. The van der Waals surface area contributed by atoms with E-state index < -0.39 is 0 Å². The van der Waals surface area contributed by atoms with Gasteiger partial charge in [0.25, 0.3) is 0 Å². The molecular formula is C9H16N4. The van der Waals surface area contributed by atoms with Gasteiger partial charge in [-0.25, -0.2) is 9.97 Å². The van der Waals surface area contributed by atoms with E-state index in [1.54, 1.807) is 0 Å². The molecular weight excluding hydrogens is 164 g/mol. The van der Waals surface area contributed by atoms with Gasteiger partial charge in [-0.3, -0.25) is 0 Å². The lowest BCUT2D eigenvalue weighted by Crippen LogP contribution is -2.27. The molecule has 4 nitrogen and oxygen atoms in total. The van der Waals surface area contributed by atoms with E-state index in [0.29, 0.717) is 11.9 Å². The molecule has 0 saturated carbocycles. The number of aromatic nitrogens is 2. The maximum absolute atomic E-state index is 5.68. The Bertz CT molecular complexity index is 296. The van der Waals surface area contributed by atoms with Crippen molar-refractivity contribution < 1.29 is 0 Å². The van der Waals surface area contributed by atoms with Crippen LogP contribution in [0.4, 0.5) is 11.6 Å². The van der Waals surface area contributed by atoms with Gasteiger partial charge in [0.05, 0.1) is 0 Å². The fourth-order valence-corrected chi connectivity index (χ4v) is 1.05. The first-order valence-electron chi connectivity index (χ1n) is 4.34. The normalized spacial score (nSPS) is 10.5. The Morgan fingerprint density at radius 3 is 2.54 bits per heavy atom. The highest BCUT2D eigenvalue weighted by Crippen LogP contribution is 2.19. The number of hydrogen-bond acceptors (Lipinski definition) is 4. The standard InChI is InChI=1S/C9H16N4/c1-6(2)13(4)9-7(3)8(10)11-5-12-9/h5-6H,1-4H3,(H2,10,11,12). The lowest BCUT2D eigenvalue weighted by atomic mass is 10.2. The lowest BCUT2D eigenvalue weighted by Gasteiger charge is -2.24. The van der Waals surface area contributed by atoms with Crippen LogP contribution in [0.3, 0.4) is 0 Å². The van der Waals surface area contributed by atoms with Crippen LogP contribution in [0.1, 0.15) is 19.4 Å². The van der Waals surface area contributed by atoms with Crippen LogP contribution >= 0.6 is 0 Å². The Labute approximate surface area is 78.8 Å². The lowest BCUT2D eigenvalue weighted by molar-refractivity contribution is 0.738. The summed E-state index contributed by atoms with van der Waals surface area (Å²) in [5.74, 6) is 1.46. The molecule has 0 aliphatic heterocycles. The summed E-state index contributed by atoms with van der Waals surface area (Å²) in [6.07, 6.45) is 1.50. The number of hydrogen-bond donors (Lipinski definition) is 1. The van der Waals surface area contributed by atoms with Gasteiger partial charge in [0.1, 0.15) is 18.0 Å². The molecule has 0 spiro atoms. The first-order valence-corrected chi connectivity index (χ1v) is 4.34. The second-order valence-corrected chi connectivity index (χ2v) is 3.41. The summed E-state index contributed by atoms with van der Waals surface area (Å²) in [7, 11) is 2.00. The van der Waals surface area contributed by atoms with Gasteiger partial charge in [-0.2, -0.15) is 0 Å². The van der Waals surface area contributed by atoms with E-state index >= 15 is 0 Å². The van der Waals surface area contributed by atoms with E-state index in [4.69, 9.17) is 5.73 Å². The smallest absolute Gasteiger partial charge is 0.136 e. The largest absolute Gasteiger partial charge is 0.383 e. The van der Waals surface area contributed by atoms with E-state index in [1.807, 2.05) is 14.0 Å². The van der Waals surface area contributed by atoms with Crippen LogP contribution in [0, 0.1) is 6.92 Å². The number of anilines is 2. The summed E-state index contributed by atoms with van der Waals surface area (Å²) in [6, 6.07) is 0.410. The minimum absolute atomic E-state index is 0.410. The molecule has 0 unspecified atom stereocenters. The average molecular weight is 180 g/mol. The highest BCUT2D eigenvalue weighted by atomic mass is 15.2. The SMILES string of the molecule is Cc1c(N)ncnc1N(C)C(C)C. The summed E-state index contributed by atoms with van der Waals surface area (Å²) in [5.41, 5.74) is 6.62. The van der Waals surface area contributed by atoms with E-state index in [0.717, 1.165) is 11.4 Å². The zero-order valence-corrected chi connectivity index (χ0v) is 8.57. The third-order valence-corrected chi connectivity index (χ3v) is 2.21. The molecule has 0 radical (unpaired) electrons. The van der Waals surface area contributed by atoms with Gasteiger partial charge in [-0.05, 0) is 20.8 Å². The molecule has 1 heterocycles. The third kappa shape index (κ3) is 1.88. The van der Waals surface area contributed by atoms with Crippen LogP contribution in [0.2, 0.25) is 0 Å². The molecule has 0 aromatic carbocycles. The minimum Gasteiger partial charge on any atom is -0.383 e. The molecule has 0 fully saturated rings. The second-order valence-electron chi connectivity index (χ2n) is 3.41. The summed E-state index contributed by atoms with van der Waals surface area (Å²) in [5, 5.41) is 0. The van der Waals surface area contributed by atoms with Crippen LogP contribution in [0.25, 0.3) is 0 Å². The zero-order chi connectivity index (χ0) is 10.0.